The Hall–Kier alpha value is -2.00. The van der Waals surface area contributed by atoms with E-state index < -0.39 is 0 Å². The summed E-state index contributed by atoms with van der Waals surface area (Å²) < 4.78 is 6.30. The Bertz CT molecular complexity index is 616. The lowest BCUT2D eigenvalue weighted by atomic mass is 9.67. The summed E-state index contributed by atoms with van der Waals surface area (Å²) in [5, 5.41) is 18.5. The number of rotatable bonds is 2. The molecule has 0 aliphatic heterocycles. The lowest BCUT2D eigenvalue weighted by Gasteiger charge is -2.43. The third kappa shape index (κ3) is 3.25. The normalized spacial score (nSPS) is 25.1. The van der Waals surface area contributed by atoms with Crippen molar-refractivity contribution >= 4 is 0 Å². The van der Waals surface area contributed by atoms with Crippen molar-refractivity contribution in [1.82, 2.24) is 0 Å². The lowest BCUT2D eigenvalue weighted by Crippen LogP contribution is -2.43. The maximum atomic E-state index is 9.37. The molecular weight excluding hydrogens is 272 g/mol. The highest BCUT2D eigenvalue weighted by Gasteiger charge is 2.39. The quantitative estimate of drug-likeness (QED) is 0.797. The molecule has 1 aliphatic carbocycles. The monoisotopic (exact) mass is 296 g/mol. The van der Waals surface area contributed by atoms with E-state index in [2.05, 4.69) is 39.8 Å². The molecule has 3 nitrogen and oxygen atoms in total. The van der Waals surface area contributed by atoms with Crippen LogP contribution in [0.3, 0.4) is 0 Å². The first-order valence-electron chi connectivity index (χ1n) is 7.98. The van der Waals surface area contributed by atoms with Crippen molar-refractivity contribution in [3.63, 3.8) is 0 Å². The van der Waals surface area contributed by atoms with Crippen molar-refractivity contribution in [1.29, 1.82) is 10.5 Å². The average molecular weight is 296 g/mol. The molecule has 0 radical (unpaired) electrons. The van der Waals surface area contributed by atoms with Crippen LogP contribution in [0, 0.1) is 39.9 Å². The smallest absolute Gasteiger partial charge is 0.138 e. The zero-order chi connectivity index (χ0) is 16.3. The second-order valence-electron chi connectivity index (χ2n) is 7.37. The third-order valence-electron chi connectivity index (χ3n) is 4.77. The molecular formula is C19H24N2O. The van der Waals surface area contributed by atoms with E-state index >= 15 is 0 Å². The highest BCUT2D eigenvalue weighted by Crippen LogP contribution is 2.42. The Morgan fingerprint density at radius 2 is 1.86 bits per heavy atom. The van der Waals surface area contributed by atoms with Crippen LogP contribution in [0.5, 0.6) is 5.75 Å². The van der Waals surface area contributed by atoms with Gasteiger partial charge in [0.1, 0.15) is 29.6 Å². The molecule has 3 heteroatoms. The lowest BCUT2D eigenvalue weighted by molar-refractivity contribution is -0.00691. The second kappa shape index (κ2) is 6.41. The molecule has 0 bridgehead atoms. The van der Waals surface area contributed by atoms with Gasteiger partial charge in [0.2, 0.25) is 0 Å². The molecule has 0 spiro atoms. The number of nitriles is 2. The SMILES string of the molecule is CC1CCCC(C(C)(C)C)C1Oc1cccc(C#N)c1C#N. The Labute approximate surface area is 133 Å². The Balaban J connectivity index is 2.36. The Morgan fingerprint density at radius 3 is 2.45 bits per heavy atom. The summed E-state index contributed by atoms with van der Waals surface area (Å²) >= 11 is 0. The van der Waals surface area contributed by atoms with Gasteiger partial charge in [-0.25, -0.2) is 0 Å². The van der Waals surface area contributed by atoms with Crippen molar-refractivity contribution in [2.24, 2.45) is 17.3 Å². The summed E-state index contributed by atoms with van der Waals surface area (Å²) in [5.41, 5.74) is 0.908. The molecule has 1 aromatic carbocycles. The van der Waals surface area contributed by atoms with Crippen LogP contribution >= 0.6 is 0 Å². The van der Waals surface area contributed by atoms with E-state index in [9.17, 15) is 5.26 Å². The zero-order valence-corrected chi connectivity index (χ0v) is 13.9. The molecule has 1 fully saturated rings. The number of nitrogens with zero attached hydrogens (tertiary/aromatic N) is 2. The maximum absolute atomic E-state index is 9.37. The third-order valence-corrected chi connectivity index (χ3v) is 4.77. The molecule has 1 aliphatic rings. The molecule has 2 rings (SSSR count). The van der Waals surface area contributed by atoms with Gasteiger partial charge in [-0.15, -0.1) is 0 Å². The van der Waals surface area contributed by atoms with Crippen LogP contribution in [0.25, 0.3) is 0 Å². The fourth-order valence-electron chi connectivity index (χ4n) is 3.49. The molecule has 3 atom stereocenters. The van der Waals surface area contributed by atoms with Gasteiger partial charge in [0.25, 0.3) is 0 Å². The molecule has 1 saturated carbocycles. The van der Waals surface area contributed by atoms with Crippen LogP contribution in [0.1, 0.15) is 58.1 Å². The summed E-state index contributed by atoms with van der Waals surface area (Å²) in [6.07, 6.45) is 3.62. The summed E-state index contributed by atoms with van der Waals surface area (Å²) in [6, 6.07) is 9.46. The van der Waals surface area contributed by atoms with Crippen LogP contribution in [0.4, 0.5) is 0 Å². The molecule has 0 saturated heterocycles. The van der Waals surface area contributed by atoms with E-state index in [0.717, 1.165) is 12.8 Å². The molecule has 0 amide bonds. The highest BCUT2D eigenvalue weighted by molar-refractivity contribution is 5.53. The van der Waals surface area contributed by atoms with Crippen molar-refractivity contribution in [3.8, 4) is 17.9 Å². The number of hydrogen-bond acceptors (Lipinski definition) is 3. The predicted octanol–water partition coefficient (Wildman–Crippen LogP) is 4.66. The topological polar surface area (TPSA) is 56.8 Å². The number of benzene rings is 1. The number of ether oxygens (including phenoxy) is 1. The van der Waals surface area contributed by atoms with Crippen molar-refractivity contribution < 1.29 is 4.74 Å². The summed E-state index contributed by atoms with van der Waals surface area (Å²) in [6.45, 7) is 8.98. The molecule has 0 aromatic heterocycles. The van der Waals surface area contributed by atoms with Crippen LogP contribution in [0.2, 0.25) is 0 Å². The van der Waals surface area contributed by atoms with Crippen LogP contribution in [-0.2, 0) is 0 Å². The molecule has 0 heterocycles. The minimum atomic E-state index is 0.0924. The van der Waals surface area contributed by atoms with Crippen molar-refractivity contribution in [2.75, 3.05) is 0 Å². The van der Waals surface area contributed by atoms with Crippen molar-refractivity contribution in [2.45, 2.75) is 53.1 Å². The summed E-state index contributed by atoms with van der Waals surface area (Å²) in [7, 11) is 0. The van der Waals surface area contributed by atoms with Gasteiger partial charge in [0.15, 0.2) is 0 Å². The largest absolute Gasteiger partial charge is 0.488 e. The van der Waals surface area contributed by atoms with Gasteiger partial charge in [-0.05, 0) is 36.3 Å². The van der Waals surface area contributed by atoms with Gasteiger partial charge in [-0.1, -0.05) is 40.2 Å². The fraction of sp³-hybridized carbons (Fsp3) is 0.579. The van der Waals surface area contributed by atoms with Gasteiger partial charge in [-0.2, -0.15) is 10.5 Å². The van der Waals surface area contributed by atoms with Crippen LogP contribution < -0.4 is 4.74 Å². The first-order valence-corrected chi connectivity index (χ1v) is 7.98. The van der Waals surface area contributed by atoms with Gasteiger partial charge in [0.05, 0.1) is 5.56 Å². The molecule has 22 heavy (non-hydrogen) atoms. The minimum Gasteiger partial charge on any atom is -0.488 e. The van der Waals surface area contributed by atoms with Gasteiger partial charge in [0, 0.05) is 5.92 Å². The first kappa shape index (κ1) is 16.4. The molecule has 116 valence electrons. The Kier molecular flexibility index (Phi) is 4.77. The van der Waals surface area contributed by atoms with Gasteiger partial charge < -0.3 is 4.74 Å². The van der Waals surface area contributed by atoms with E-state index in [1.165, 1.54) is 6.42 Å². The maximum Gasteiger partial charge on any atom is 0.138 e. The second-order valence-corrected chi connectivity index (χ2v) is 7.37. The molecule has 3 unspecified atom stereocenters. The van der Waals surface area contributed by atoms with Crippen LogP contribution in [0.15, 0.2) is 18.2 Å². The van der Waals surface area contributed by atoms with E-state index in [1.54, 1.807) is 18.2 Å². The zero-order valence-electron chi connectivity index (χ0n) is 13.9. The van der Waals surface area contributed by atoms with E-state index in [-0.39, 0.29) is 11.5 Å². The minimum absolute atomic E-state index is 0.0924. The number of hydrogen-bond donors (Lipinski definition) is 0. The highest BCUT2D eigenvalue weighted by atomic mass is 16.5. The van der Waals surface area contributed by atoms with E-state index in [0.29, 0.717) is 28.7 Å². The van der Waals surface area contributed by atoms with Gasteiger partial charge in [-0.3, -0.25) is 0 Å². The fourth-order valence-corrected chi connectivity index (χ4v) is 3.49. The van der Waals surface area contributed by atoms with Gasteiger partial charge >= 0.3 is 0 Å². The first-order chi connectivity index (χ1) is 10.4. The predicted molar refractivity (Wildman–Crippen MR) is 86.2 cm³/mol. The standard InChI is InChI=1S/C19H24N2O/c1-13-7-5-9-16(19(2,3)4)18(13)22-17-10-6-8-14(11-20)15(17)12-21/h6,8,10,13,16,18H,5,7,9H2,1-4H3. The summed E-state index contributed by atoms with van der Waals surface area (Å²) in [4.78, 5) is 0. The summed E-state index contributed by atoms with van der Waals surface area (Å²) in [5.74, 6) is 1.46. The van der Waals surface area contributed by atoms with E-state index in [4.69, 9.17) is 10.00 Å². The average Bonchev–Trinajstić information content (AvgIpc) is 2.47. The van der Waals surface area contributed by atoms with E-state index in [1.807, 2.05) is 0 Å². The Morgan fingerprint density at radius 1 is 1.14 bits per heavy atom. The molecule has 0 N–H and O–H groups in total. The van der Waals surface area contributed by atoms with Crippen molar-refractivity contribution in [3.05, 3.63) is 29.3 Å². The molecule has 1 aromatic rings. The van der Waals surface area contributed by atoms with Crippen LogP contribution in [-0.4, -0.2) is 6.10 Å².